The minimum Gasteiger partial charge on any atom is -0.508 e. The van der Waals surface area contributed by atoms with Crippen LogP contribution in [0.2, 0.25) is 0 Å². The average Bonchev–Trinajstić information content (AvgIpc) is 3.99. The fraction of sp³-hybridized carbons (Fsp3) is 0.0943. The third-order valence-electron chi connectivity index (χ3n) is 10.8. The molecule has 72 heavy (non-hydrogen) atoms. The molecule has 16 nitrogen and oxygen atoms in total. The van der Waals surface area contributed by atoms with Crippen LogP contribution in [0, 0.1) is 22.7 Å². The number of carbonyl (C=O) groups is 2. The fourth-order valence-corrected chi connectivity index (χ4v) is 9.88. The molecular weight excluding hydrogens is 1030 g/mol. The molecule has 0 saturated heterocycles. The first-order valence-corrected chi connectivity index (χ1v) is 24.1. The molecule has 1 aliphatic rings. The fourth-order valence-electron chi connectivity index (χ4n) is 7.52. The molecule has 10 aromatic rings. The Morgan fingerprint density at radius 1 is 0.708 bits per heavy atom. The molecule has 0 amide bonds. The van der Waals surface area contributed by atoms with Crippen molar-refractivity contribution in [3.63, 3.8) is 0 Å². The van der Waals surface area contributed by atoms with E-state index in [0.29, 0.717) is 43.4 Å². The van der Waals surface area contributed by atoms with Gasteiger partial charge in [-0.25, -0.2) is 29.1 Å². The first-order chi connectivity index (χ1) is 34.6. The summed E-state index contributed by atoms with van der Waals surface area (Å²) in [5.41, 5.74) is 3.11. The zero-order valence-electron chi connectivity index (χ0n) is 37.5. The maximum atomic E-state index is 12.8. The molecule has 0 radical (unpaired) electrons. The lowest BCUT2D eigenvalue weighted by Crippen LogP contribution is -2.38. The Labute approximate surface area is 422 Å². The minimum atomic E-state index is -1.23. The smallest absolute Gasteiger partial charge is 0.348 e. The van der Waals surface area contributed by atoms with Crippen molar-refractivity contribution in [3.05, 3.63) is 176 Å². The van der Waals surface area contributed by atoms with Crippen LogP contribution in [-0.4, -0.2) is 43.0 Å². The van der Waals surface area contributed by atoms with Crippen LogP contribution >= 0.6 is 38.6 Å². The Hall–Kier alpha value is -8.88. The summed E-state index contributed by atoms with van der Waals surface area (Å²) >= 11 is 6.00. The van der Waals surface area contributed by atoms with Gasteiger partial charge in [0.15, 0.2) is 0 Å². The van der Waals surface area contributed by atoms with Crippen LogP contribution in [0.3, 0.4) is 0 Å². The molecule has 0 unspecified atom stereocenters. The van der Waals surface area contributed by atoms with Gasteiger partial charge in [0.05, 0.1) is 31.6 Å². The highest BCUT2D eigenvalue weighted by Crippen LogP contribution is 2.36. The summed E-state index contributed by atoms with van der Waals surface area (Å²) in [5.74, 6) is -1.87. The highest BCUT2D eigenvalue weighted by atomic mass is 79.9. The van der Waals surface area contributed by atoms with Crippen molar-refractivity contribution in [3.8, 4) is 56.3 Å². The number of nitriles is 2. The molecule has 0 aliphatic carbocycles. The number of esters is 1. The number of phenolic OH excluding ortho intramolecular Hbond substituents is 1. The number of rotatable bonds is 7. The number of hydrogen-bond donors (Lipinski definition) is 3. The molecule has 4 aromatic heterocycles. The van der Waals surface area contributed by atoms with Gasteiger partial charge in [-0.2, -0.15) is 10.5 Å². The van der Waals surface area contributed by atoms with E-state index < -0.39 is 23.0 Å². The van der Waals surface area contributed by atoms with E-state index in [1.165, 1.54) is 59.1 Å². The van der Waals surface area contributed by atoms with Gasteiger partial charge in [0.1, 0.15) is 85.2 Å². The van der Waals surface area contributed by atoms with Crippen LogP contribution in [0.5, 0.6) is 23.0 Å². The number of ether oxygens (including phenoxy) is 3. The Balaban J connectivity index is 0.000000145. The van der Waals surface area contributed by atoms with Gasteiger partial charge in [0, 0.05) is 42.1 Å². The number of phenols is 2. The number of carboxylic acid groups (broad SMARTS) is 1. The monoisotopic (exact) mass is 1060 g/mol. The van der Waals surface area contributed by atoms with Crippen molar-refractivity contribution in [2.75, 3.05) is 0 Å². The third kappa shape index (κ3) is 9.80. The molecule has 0 spiro atoms. The molecule has 0 fully saturated rings. The number of aromatic hydroxyl groups is 2. The molecule has 11 rings (SSSR count). The van der Waals surface area contributed by atoms with Crippen molar-refractivity contribution in [2.24, 2.45) is 0 Å². The summed E-state index contributed by atoms with van der Waals surface area (Å²) < 4.78 is 29.0. The number of fused-ring (bicyclic) bond motifs is 5. The zero-order chi connectivity index (χ0) is 50.8. The average molecular weight is 1060 g/mol. The van der Waals surface area contributed by atoms with Crippen molar-refractivity contribution in [2.45, 2.75) is 31.6 Å². The van der Waals surface area contributed by atoms with Crippen LogP contribution in [0.1, 0.15) is 56.8 Å². The summed E-state index contributed by atoms with van der Waals surface area (Å²) in [5, 5.41) is 50.2. The number of halogens is 1. The van der Waals surface area contributed by atoms with Gasteiger partial charge < -0.3 is 38.4 Å². The molecule has 0 bridgehead atoms. The summed E-state index contributed by atoms with van der Waals surface area (Å²) in [6.45, 7) is 3.47. The second-order valence-electron chi connectivity index (χ2n) is 16.1. The second kappa shape index (κ2) is 19.9. The van der Waals surface area contributed by atoms with Crippen LogP contribution in [0.15, 0.2) is 140 Å². The number of alkyl halides is 1. The van der Waals surface area contributed by atoms with Crippen LogP contribution in [0.25, 0.3) is 63.5 Å². The predicted molar refractivity (Wildman–Crippen MR) is 272 cm³/mol. The molecule has 6 aromatic carbocycles. The van der Waals surface area contributed by atoms with Crippen molar-refractivity contribution in [1.82, 2.24) is 9.97 Å². The van der Waals surface area contributed by atoms with Crippen LogP contribution < -0.4 is 20.7 Å². The summed E-state index contributed by atoms with van der Waals surface area (Å²) in [6, 6.07) is 37.8. The molecule has 3 N–H and O–H groups in total. The highest BCUT2D eigenvalue weighted by Gasteiger charge is 2.34. The number of aromatic carboxylic acids is 1. The zero-order valence-corrected chi connectivity index (χ0v) is 40.7. The Bertz CT molecular complexity index is 3970. The number of carboxylic acids is 1. The quantitative estimate of drug-likeness (QED) is 0.0761. The maximum Gasteiger partial charge on any atom is 0.348 e. The van der Waals surface area contributed by atoms with Gasteiger partial charge in [-0.05, 0) is 83.9 Å². The van der Waals surface area contributed by atoms with Gasteiger partial charge >= 0.3 is 23.2 Å². The van der Waals surface area contributed by atoms with E-state index in [1.807, 2.05) is 60.7 Å². The summed E-state index contributed by atoms with van der Waals surface area (Å²) in [7, 11) is 0. The third-order valence-corrected chi connectivity index (χ3v) is 13.6. The standard InChI is InChI=1S/C25H14N2O6S.C17H8N2O3S.C11H11BrO3/c26-11-17-15-8-6-14(32-12-13-5-7-16(24(29)30)19(28)9-13)10-20(15)33-25(31)22(17)23-27-18-3-1-2-4-21(18)34-23;18-8-11-10-6-5-9(20)7-13(10)22-17(21)15(11)16-19-12-3-1-2-4-14(12)23-16;1-11(2)14-9-5-7(6-12)3-4-8(9)10(13)15-11/h1-10,28H,12H2,(H,29,30);1-7,20H;3-5H,6H2,1-2H3. The largest absolute Gasteiger partial charge is 0.508 e. The van der Waals surface area contributed by atoms with E-state index in [0.717, 1.165) is 31.3 Å². The minimum absolute atomic E-state index is 0.0303. The van der Waals surface area contributed by atoms with E-state index in [-0.39, 0.29) is 63.1 Å². The first-order valence-electron chi connectivity index (χ1n) is 21.4. The van der Waals surface area contributed by atoms with Crippen molar-refractivity contribution < 1.29 is 48.0 Å². The Morgan fingerprint density at radius 2 is 1.28 bits per heavy atom. The molecule has 0 saturated carbocycles. The second-order valence-corrected chi connectivity index (χ2v) is 18.7. The van der Waals surface area contributed by atoms with E-state index in [2.05, 4.69) is 38.0 Å². The van der Waals surface area contributed by atoms with Gasteiger partial charge in [-0.15, -0.1) is 22.7 Å². The molecule has 356 valence electrons. The highest BCUT2D eigenvalue weighted by molar-refractivity contribution is 9.08. The number of para-hydroxylation sites is 2. The molecule has 0 atom stereocenters. The maximum absolute atomic E-state index is 12.8. The SMILES string of the molecule is CC1(C)OC(=O)c2ccc(CBr)cc2O1.N#Cc1c(-c2nc3ccccc3s2)c(=O)oc2cc(O)ccc12.N#Cc1c(-c2nc3ccccc3s2)c(=O)oc2cc(OCc3ccc(C(=O)O)c(O)c3)ccc12. The van der Waals surface area contributed by atoms with Gasteiger partial charge in [0.25, 0.3) is 0 Å². The Morgan fingerprint density at radius 3 is 1.83 bits per heavy atom. The number of aromatic nitrogens is 2. The van der Waals surface area contributed by atoms with Gasteiger partial charge in [-0.1, -0.05) is 52.3 Å². The summed E-state index contributed by atoms with van der Waals surface area (Å²) in [6.07, 6.45) is 0. The Kier molecular flexibility index (Phi) is 13.3. The van der Waals surface area contributed by atoms with Gasteiger partial charge in [-0.3, -0.25) is 0 Å². The lowest BCUT2D eigenvalue weighted by molar-refractivity contribution is -0.127. The van der Waals surface area contributed by atoms with E-state index in [9.17, 15) is 39.9 Å². The molecule has 1 aliphatic heterocycles. The lowest BCUT2D eigenvalue weighted by Gasteiger charge is -2.31. The number of benzene rings is 6. The predicted octanol–water partition coefficient (Wildman–Crippen LogP) is 11.4. The number of thiazole rings is 2. The number of hydrogen-bond acceptors (Lipinski definition) is 17. The van der Waals surface area contributed by atoms with Gasteiger partial charge in [0.2, 0.25) is 5.79 Å². The number of cyclic esters (lactones) is 1. The topological polar surface area (TPSA) is 256 Å². The van der Waals surface area contributed by atoms with Crippen molar-refractivity contribution >= 4 is 92.9 Å². The lowest BCUT2D eigenvalue weighted by atomic mass is 10.1. The normalized spacial score (nSPS) is 12.3. The number of carbonyl (C=O) groups excluding carboxylic acids is 1. The van der Waals surface area contributed by atoms with Crippen molar-refractivity contribution in [1.29, 1.82) is 10.5 Å². The molecule has 19 heteroatoms. The number of nitrogens with zero attached hydrogens (tertiary/aromatic N) is 4. The van der Waals surface area contributed by atoms with E-state index in [1.54, 1.807) is 38.1 Å². The first kappa shape index (κ1) is 48.2. The van der Waals surface area contributed by atoms with Crippen LogP contribution in [0.4, 0.5) is 0 Å². The van der Waals surface area contributed by atoms with E-state index >= 15 is 0 Å². The van der Waals surface area contributed by atoms with Crippen LogP contribution in [-0.2, 0) is 16.7 Å². The summed E-state index contributed by atoms with van der Waals surface area (Å²) in [4.78, 5) is 56.7. The van der Waals surface area contributed by atoms with E-state index in [4.69, 9.17) is 28.2 Å². The molecular formula is C53H33BrN4O12S2. The molecule has 5 heterocycles.